The molecule has 1 aromatic heterocycles. The molecule has 0 bridgehead atoms. The topological polar surface area (TPSA) is 88.6 Å². The average Bonchev–Trinajstić information content (AvgIpc) is 2.63. The number of aryl methyl sites for hydroxylation is 1. The van der Waals surface area contributed by atoms with E-state index >= 15 is 0 Å². The van der Waals surface area contributed by atoms with Crippen LogP contribution in [0.25, 0.3) is 0 Å². The van der Waals surface area contributed by atoms with Crippen LogP contribution in [0.4, 0.5) is 11.8 Å². The number of methoxy groups -OCH3 is 2. The second-order valence-electron chi connectivity index (χ2n) is 5.81. The number of rotatable bonds is 8. The zero-order chi connectivity index (χ0) is 19.1. The lowest BCUT2D eigenvalue weighted by atomic mass is 10.1. The number of hydrogen-bond acceptors (Lipinski definition) is 7. The van der Waals surface area contributed by atoms with Gasteiger partial charge in [-0.3, -0.25) is 4.79 Å². The molecule has 0 aliphatic heterocycles. The van der Waals surface area contributed by atoms with Crippen LogP contribution in [-0.4, -0.2) is 57.3 Å². The van der Waals surface area contributed by atoms with Crippen LogP contribution in [0.5, 0.6) is 11.5 Å². The maximum Gasteiger partial charge on any atom is 0.255 e. The van der Waals surface area contributed by atoms with Crippen LogP contribution in [0.1, 0.15) is 16.1 Å². The van der Waals surface area contributed by atoms with E-state index in [1.807, 2.05) is 32.0 Å². The molecule has 0 spiro atoms. The standard InChI is InChI=1S/C18H25N5O3/c1-12-11-15(23(2)3)22-18(21-12)20-10-9-19-17(24)13-7-6-8-14(25-4)16(13)26-5/h6-8,11H,9-10H2,1-5H3,(H,19,24)(H,20,21,22). The van der Waals surface area contributed by atoms with E-state index in [1.165, 1.54) is 14.2 Å². The largest absolute Gasteiger partial charge is 0.493 e. The molecule has 2 N–H and O–H groups in total. The number of hydrogen-bond donors (Lipinski definition) is 2. The van der Waals surface area contributed by atoms with E-state index in [4.69, 9.17) is 9.47 Å². The van der Waals surface area contributed by atoms with Crippen LogP contribution in [0.3, 0.4) is 0 Å². The van der Waals surface area contributed by atoms with Gasteiger partial charge in [-0.05, 0) is 19.1 Å². The third-order valence-corrected chi connectivity index (χ3v) is 3.64. The minimum atomic E-state index is -0.235. The van der Waals surface area contributed by atoms with Gasteiger partial charge in [-0.25, -0.2) is 4.98 Å². The van der Waals surface area contributed by atoms with Crippen LogP contribution in [0, 0.1) is 6.92 Å². The Labute approximate surface area is 153 Å². The Bertz CT molecular complexity index is 764. The number of ether oxygens (including phenoxy) is 2. The van der Waals surface area contributed by atoms with Gasteiger partial charge in [0.1, 0.15) is 5.82 Å². The van der Waals surface area contributed by atoms with Crippen LogP contribution in [-0.2, 0) is 0 Å². The molecule has 0 saturated carbocycles. The highest BCUT2D eigenvalue weighted by Gasteiger charge is 2.15. The summed E-state index contributed by atoms with van der Waals surface area (Å²) < 4.78 is 10.5. The Hall–Kier alpha value is -3.03. The average molecular weight is 359 g/mol. The molecule has 0 aliphatic rings. The van der Waals surface area contributed by atoms with Crippen molar-refractivity contribution in [2.45, 2.75) is 6.92 Å². The van der Waals surface area contributed by atoms with E-state index in [9.17, 15) is 4.79 Å². The van der Waals surface area contributed by atoms with Crippen molar-refractivity contribution in [3.8, 4) is 11.5 Å². The van der Waals surface area contributed by atoms with Crippen molar-refractivity contribution in [2.24, 2.45) is 0 Å². The zero-order valence-electron chi connectivity index (χ0n) is 15.8. The lowest BCUT2D eigenvalue weighted by molar-refractivity contribution is 0.0951. The molecule has 0 saturated heterocycles. The third-order valence-electron chi connectivity index (χ3n) is 3.64. The summed E-state index contributed by atoms with van der Waals surface area (Å²) in [7, 11) is 6.89. The van der Waals surface area contributed by atoms with Crippen LogP contribution in [0.15, 0.2) is 24.3 Å². The molecule has 0 unspecified atom stereocenters. The molecule has 8 heteroatoms. The number of benzene rings is 1. The molecule has 1 amide bonds. The SMILES string of the molecule is COc1cccc(C(=O)NCCNc2nc(C)cc(N(C)C)n2)c1OC. The minimum Gasteiger partial charge on any atom is -0.493 e. The lowest BCUT2D eigenvalue weighted by Crippen LogP contribution is -2.29. The summed E-state index contributed by atoms with van der Waals surface area (Å²) in [6.45, 7) is 2.82. The molecule has 2 rings (SSSR count). The fourth-order valence-corrected chi connectivity index (χ4v) is 2.37. The van der Waals surface area contributed by atoms with Gasteiger partial charge in [0.05, 0.1) is 19.8 Å². The van der Waals surface area contributed by atoms with E-state index in [1.54, 1.807) is 18.2 Å². The van der Waals surface area contributed by atoms with E-state index in [0.717, 1.165) is 11.5 Å². The Morgan fingerprint density at radius 1 is 1.15 bits per heavy atom. The Kier molecular flexibility index (Phi) is 6.60. The molecule has 0 atom stereocenters. The van der Waals surface area contributed by atoms with Gasteiger partial charge in [-0.15, -0.1) is 0 Å². The molecule has 140 valence electrons. The lowest BCUT2D eigenvalue weighted by Gasteiger charge is -2.14. The van der Waals surface area contributed by atoms with Gasteiger partial charge in [0.15, 0.2) is 11.5 Å². The van der Waals surface area contributed by atoms with Crippen molar-refractivity contribution in [3.63, 3.8) is 0 Å². The van der Waals surface area contributed by atoms with Gasteiger partial charge in [0.25, 0.3) is 5.91 Å². The normalized spacial score (nSPS) is 10.2. The fraction of sp³-hybridized carbons (Fsp3) is 0.389. The first-order chi connectivity index (χ1) is 12.5. The molecular weight excluding hydrogens is 334 g/mol. The van der Waals surface area contributed by atoms with Crippen molar-refractivity contribution < 1.29 is 14.3 Å². The summed E-state index contributed by atoms with van der Waals surface area (Å²) in [5, 5.41) is 5.96. The zero-order valence-corrected chi connectivity index (χ0v) is 15.8. The Balaban J connectivity index is 1.94. The Morgan fingerprint density at radius 2 is 1.92 bits per heavy atom. The molecule has 0 fully saturated rings. The quantitative estimate of drug-likeness (QED) is 0.694. The third kappa shape index (κ3) is 4.75. The van der Waals surface area contributed by atoms with Crippen molar-refractivity contribution in [1.82, 2.24) is 15.3 Å². The van der Waals surface area contributed by atoms with Gasteiger partial charge in [0, 0.05) is 38.9 Å². The molecule has 2 aromatic rings. The second kappa shape index (κ2) is 8.89. The van der Waals surface area contributed by atoms with E-state index in [0.29, 0.717) is 36.1 Å². The number of para-hydroxylation sites is 1. The number of amides is 1. The van der Waals surface area contributed by atoms with Crippen molar-refractivity contribution >= 4 is 17.7 Å². The van der Waals surface area contributed by atoms with Crippen molar-refractivity contribution in [3.05, 3.63) is 35.5 Å². The van der Waals surface area contributed by atoms with Crippen LogP contribution >= 0.6 is 0 Å². The number of aromatic nitrogens is 2. The van der Waals surface area contributed by atoms with Gasteiger partial charge in [-0.2, -0.15) is 4.98 Å². The first kappa shape index (κ1) is 19.3. The summed E-state index contributed by atoms with van der Waals surface area (Å²) in [4.78, 5) is 23.1. The van der Waals surface area contributed by atoms with Gasteiger partial charge in [0.2, 0.25) is 5.95 Å². The highest BCUT2D eigenvalue weighted by Crippen LogP contribution is 2.30. The predicted molar refractivity (Wildman–Crippen MR) is 101 cm³/mol. The second-order valence-corrected chi connectivity index (χ2v) is 5.81. The number of nitrogens with zero attached hydrogens (tertiary/aromatic N) is 3. The van der Waals surface area contributed by atoms with E-state index in [-0.39, 0.29) is 5.91 Å². The number of anilines is 2. The summed E-state index contributed by atoms with van der Waals surface area (Å²) in [5.74, 6) is 2.05. The Morgan fingerprint density at radius 3 is 2.58 bits per heavy atom. The molecule has 26 heavy (non-hydrogen) atoms. The maximum atomic E-state index is 12.4. The minimum absolute atomic E-state index is 0.235. The fourth-order valence-electron chi connectivity index (χ4n) is 2.37. The smallest absolute Gasteiger partial charge is 0.255 e. The molecule has 0 aliphatic carbocycles. The van der Waals surface area contributed by atoms with Gasteiger partial charge in [-0.1, -0.05) is 6.07 Å². The molecule has 1 aromatic carbocycles. The van der Waals surface area contributed by atoms with Gasteiger partial charge >= 0.3 is 0 Å². The molecule has 1 heterocycles. The monoisotopic (exact) mass is 359 g/mol. The van der Waals surface area contributed by atoms with E-state index in [2.05, 4.69) is 20.6 Å². The maximum absolute atomic E-state index is 12.4. The molecule has 0 radical (unpaired) electrons. The van der Waals surface area contributed by atoms with Crippen LogP contribution < -0.4 is 25.0 Å². The van der Waals surface area contributed by atoms with Crippen molar-refractivity contribution in [2.75, 3.05) is 51.6 Å². The summed E-state index contributed by atoms with van der Waals surface area (Å²) in [6, 6.07) is 7.09. The summed E-state index contributed by atoms with van der Waals surface area (Å²) >= 11 is 0. The number of carbonyl (C=O) groups excluding carboxylic acids is 1. The molecule has 8 nitrogen and oxygen atoms in total. The van der Waals surface area contributed by atoms with E-state index < -0.39 is 0 Å². The van der Waals surface area contributed by atoms with Gasteiger partial charge < -0.3 is 25.0 Å². The number of carbonyl (C=O) groups is 1. The predicted octanol–water partition coefficient (Wildman–Crippen LogP) is 1.71. The summed E-state index contributed by atoms with van der Waals surface area (Å²) in [6.07, 6.45) is 0. The summed E-state index contributed by atoms with van der Waals surface area (Å²) in [5.41, 5.74) is 1.30. The first-order valence-corrected chi connectivity index (χ1v) is 8.22. The number of nitrogens with one attached hydrogen (secondary N) is 2. The van der Waals surface area contributed by atoms with Crippen LogP contribution in [0.2, 0.25) is 0 Å². The van der Waals surface area contributed by atoms with Crippen molar-refractivity contribution in [1.29, 1.82) is 0 Å². The first-order valence-electron chi connectivity index (χ1n) is 8.22. The molecular formula is C18H25N5O3. The highest BCUT2D eigenvalue weighted by molar-refractivity contribution is 5.97. The highest BCUT2D eigenvalue weighted by atomic mass is 16.5.